The molecule has 2 aromatic heterocycles. The zero-order valence-electron chi connectivity index (χ0n) is 17.0. The van der Waals surface area contributed by atoms with Gasteiger partial charge in [-0.2, -0.15) is 4.31 Å². The van der Waals surface area contributed by atoms with Crippen LogP contribution in [0, 0.1) is 11.8 Å². The van der Waals surface area contributed by atoms with Gasteiger partial charge in [0.2, 0.25) is 15.9 Å². The number of hydrogen-bond acceptors (Lipinski definition) is 8. The summed E-state index contributed by atoms with van der Waals surface area (Å²) >= 11 is 6.89. The van der Waals surface area contributed by atoms with Crippen LogP contribution >= 0.6 is 23.6 Å². The van der Waals surface area contributed by atoms with Crippen LogP contribution in [0.15, 0.2) is 45.5 Å². The number of piperazine rings is 1. The third-order valence-electron chi connectivity index (χ3n) is 4.90. The molecule has 8 nitrogen and oxygen atoms in total. The maximum Gasteiger partial charge on any atom is 0.288 e. The lowest BCUT2D eigenvalue weighted by molar-refractivity contribution is 0.144. The van der Waals surface area contributed by atoms with E-state index in [1.165, 1.54) is 9.71 Å². The van der Waals surface area contributed by atoms with Gasteiger partial charge < -0.3 is 4.42 Å². The molecule has 1 saturated heterocycles. The molecule has 1 aliphatic rings. The molecule has 11 heteroatoms. The van der Waals surface area contributed by atoms with Gasteiger partial charge in [-0.1, -0.05) is 30.3 Å². The number of thiazole rings is 1. The van der Waals surface area contributed by atoms with Crippen LogP contribution in [0.1, 0.15) is 22.2 Å². The fourth-order valence-corrected chi connectivity index (χ4v) is 5.26. The molecule has 0 aliphatic carbocycles. The highest BCUT2D eigenvalue weighted by Crippen LogP contribution is 2.15. The van der Waals surface area contributed by atoms with Crippen LogP contribution in [-0.4, -0.2) is 58.6 Å². The van der Waals surface area contributed by atoms with Crippen LogP contribution in [0.25, 0.3) is 6.08 Å². The van der Waals surface area contributed by atoms with Crippen LogP contribution in [0.5, 0.6) is 0 Å². The van der Waals surface area contributed by atoms with Crippen molar-refractivity contribution >= 4 is 39.7 Å². The van der Waals surface area contributed by atoms with Crippen LogP contribution in [0.2, 0.25) is 0 Å². The van der Waals surface area contributed by atoms with Gasteiger partial charge in [-0.3, -0.25) is 4.90 Å². The lowest BCUT2D eigenvalue weighted by atomic mass is 10.2. The van der Waals surface area contributed by atoms with Crippen molar-refractivity contribution in [1.82, 2.24) is 24.0 Å². The Morgan fingerprint density at radius 2 is 1.94 bits per heavy atom. The van der Waals surface area contributed by atoms with Crippen molar-refractivity contribution < 1.29 is 12.8 Å². The van der Waals surface area contributed by atoms with Gasteiger partial charge in [0.05, 0.1) is 23.8 Å². The summed E-state index contributed by atoms with van der Waals surface area (Å²) in [6.07, 6.45) is 2.13. The van der Waals surface area contributed by atoms with E-state index < -0.39 is 10.0 Å². The molecule has 1 aromatic carbocycles. The van der Waals surface area contributed by atoms with E-state index in [2.05, 4.69) is 15.0 Å². The minimum absolute atomic E-state index is 0.308. The van der Waals surface area contributed by atoms with Crippen molar-refractivity contribution in [2.24, 2.45) is 0 Å². The van der Waals surface area contributed by atoms with Crippen molar-refractivity contribution in [3.63, 3.8) is 0 Å². The summed E-state index contributed by atoms with van der Waals surface area (Å²) in [4.78, 5) is 6.84. The Labute approximate surface area is 190 Å². The van der Waals surface area contributed by atoms with Crippen molar-refractivity contribution in [3.05, 3.63) is 68.1 Å². The molecule has 4 rings (SSSR count). The molecular weight excluding hydrogens is 454 g/mol. The highest BCUT2D eigenvalue weighted by molar-refractivity contribution is 7.92. The van der Waals surface area contributed by atoms with E-state index in [4.69, 9.17) is 16.6 Å². The number of hydrogen-bond donors (Lipinski definition) is 0. The first-order valence-electron chi connectivity index (χ1n) is 9.82. The van der Waals surface area contributed by atoms with E-state index in [0.29, 0.717) is 50.0 Å². The molecule has 0 spiro atoms. The van der Waals surface area contributed by atoms with Gasteiger partial charge in [0.25, 0.3) is 4.84 Å². The quantitative estimate of drug-likeness (QED) is 0.483. The zero-order chi connectivity index (χ0) is 21.8. The standard InChI is InChI=1S/C20H23N5O3S3/c1-16-21-18(14-30-16)13-19-22-25(20(29)28-19)15-23-8-10-24(11-9-23)31(26,27)12-7-17-5-3-2-4-6-17/h2-7,12,14H,8-11,13,15H2,1H3/b12-7+. The Bertz CT molecular complexity index is 1210. The predicted octanol–water partition coefficient (Wildman–Crippen LogP) is 3.14. The van der Waals surface area contributed by atoms with Gasteiger partial charge in [0.1, 0.15) is 0 Å². The molecule has 3 heterocycles. The molecule has 1 fully saturated rings. The van der Waals surface area contributed by atoms with Crippen LogP contribution in [0.3, 0.4) is 0 Å². The Morgan fingerprint density at radius 1 is 1.19 bits per heavy atom. The highest BCUT2D eigenvalue weighted by atomic mass is 32.2. The number of nitrogens with zero attached hydrogens (tertiary/aromatic N) is 5. The number of rotatable bonds is 7. The Kier molecular flexibility index (Phi) is 6.77. The summed E-state index contributed by atoms with van der Waals surface area (Å²) in [6.45, 7) is 4.43. The molecule has 0 atom stereocenters. The second kappa shape index (κ2) is 9.53. The van der Waals surface area contributed by atoms with Gasteiger partial charge in [0, 0.05) is 37.0 Å². The molecule has 3 aromatic rings. The number of benzene rings is 1. The Hall–Kier alpha value is -2.18. The molecule has 0 bridgehead atoms. The summed E-state index contributed by atoms with van der Waals surface area (Å²) in [7, 11) is -3.46. The first-order valence-corrected chi connectivity index (χ1v) is 12.6. The summed E-state index contributed by atoms with van der Waals surface area (Å²) in [6, 6.07) is 9.40. The first-order chi connectivity index (χ1) is 14.9. The van der Waals surface area contributed by atoms with Gasteiger partial charge in [-0.05, 0) is 30.8 Å². The SMILES string of the molecule is Cc1nc(Cc2nn(CN3CCN(S(=O)(=O)/C=C/c4ccccc4)CC3)c(=S)o2)cs1. The summed E-state index contributed by atoms with van der Waals surface area (Å²) in [5.41, 5.74) is 1.77. The monoisotopic (exact) mass is 477 g/mol. The average molecular weight is 478 g/mol. The van der Waals surface area contributed by atoms with Crippen LogP contribution in [0.4, 0.5) is 0 Å². The predicted molar refractivity (Wildman–Crippen MR) is 123 cm³/mol. The largest absolute Gasteiger partial charge is 0.414 e. The van der Waals surface area contributed by atoms with Gasteiger partial charge >= 0.3 is 0 Å². The van der Waals surface area contributed by atoms with Gasteiger partial charge in [-0.25, -0.2) is 18.1 Å². The van der Waals surface area contributed by atoms with Crippen molar-refractivity contribution in [1.29, 1.82) is 0 Å². The maximum absolute atomic E-state index is 12.6. The third-order valence-corrected chi connectivity index (χ3v) is 7.59. The van der Waals surface area contributed by atoms with Crippen molar-refractivity contribution in [2.75, 3.05) is 26.2 Å². The fourth-order valence-electron chi connectivity index (χ4n) is 3.28. The minimum Gasteiger partial charge on any atom is -0.414 e. The summed E-state index contributed by atoms with van der Waals surface area (Å²) in [5, 5.41) is 8.73. The molecule has 164 valence electrons. The number of aromatic nitrogens is 3. The molecule has 0 N–H and O–H groups in total. The fraction of sp³-hybridized carbons (Fsp3) is 0.350. The second-order valence-electron chi connectivity index (χ2n) is 7.21. The number of aryl methyl sites for hydroxylation is 1. The smallest absolute Gasteiger partial charge is 0.288 e. The van der Waals surface area contributed by atoms with Crippen LogP contribution < -0.4 is 0 Å². The first kappa shape index (κ1) is 22.0. The lowest BCUT2D eigenvalue weighted by Gasteiger charge is -2.32. The van der Waals surface area contributed by atoms with Crippen LogP contribution in [-0.2, 0) is 23.1 Å². The molecule has 0 saturated carbocycles. The Morgan fingerprint density at radius 3 is 2.61 bits per heavy atom. The number of sulfonamides is 1. The third kappa shape index (κ3) is 5.74. The Balaban J connectivity index is 1.33. The summed E-state index contributed by atoms with van der Waals surface area (Å²) in [5.74, 6) is 0.530. The topological polar surface area (TPSA) is 84.5 Å². The highest BCUT2D eigenvalue weighted by Gasteiger charge is 2.25. The molecule has 0 radical (unpaired) electrons. The molecule has 0 amide bonds. The average Bonchev–Trinajstić information content (AvgIpc) is 3.32. The van der Waals surface area contributed by atoms with Crippen molar-refractivity contribution in [2.45, 2.75) is 20.0 Å². The normalized spacial score (nSPS) is 16.3. The lowest BCUT2D eigenvalue weighted by Crippen LogP contribution is -2.48. The van der Waals surface area contributed by atoms with E-state index in [-0.39, 0.29) is 0 Å². The van der Waals surface area contributed by atoms with Gasteiger partial charge in [0.15, 0.2) is 0 Å². The maximum atomic E-state index is 12.6. The molecular formula is C20H23N5O3S3. The molecule has 1 aliphatic heterocycles. The van der Waals surface area contributed by atoms with E-state index >= 15 is 0 Å². The summed E-state index contributed by atoms with van der Waals surface area (Å²) < 4.78 is 34.0. The van der Waals surface area contributed by atoms with Crippen molar-refractivity contribution in [3.8, 4) is 0 Å². The second-order valence-corrected chi connectivity index (χ2v) is 10.4. The van der Waals surface area contributed by atoms with E-state index in [9.17, 15) is 8.42 Å². The van der Waals surface area contributed by atoms with E-state index in [1.807, 2.05) is 42.6 Å². The molecule has 31 heavy (non-hydrogen) atoms. The van der Waals surface area contributed by atoms with Gasteiger partial charge in [-0.15, -0.1) is 16.4 Å². The van der Waals surface area contributed by atoms with E-state index in [0.717, 1.165) is 16.3 Å². The zero-order valence-corrected chi connectivity index (χ0v) is 19.5. The molecule has 0 unspecified atom stereocenters. The van der Waals surface area contributed by atoms with E-state index in [1.54, 1.807) is 22.1 Å². The minimum atomic E-state index is -3.46.